The molecule has 0 aliphatic heterocycles. The normalized spacial score (nSPS) is 10.4. The zero-order chi connectivity index (χ0) is 15.3. The zero-order valence-corrected chi connectivity index (χ0v) is 12.9. The number of benzene rings is 1. The van der Waals surface area contributed by atoms with Gasteiger partial charge in [0.25, 0.3) is 0 Å². The fourth-order valence-electron chi connectivity index (χ4n) is 1.64. The lowest BCUT2D eigenvalue weighted by Gasteiger charge is -2.10. The van der Waals surface area contributed by atoms with Crippen LogP contribution in [0.4, 0.5) is 4.79 Å². The molecule has 1 aromatic carbocycles. The first-order valence-electron chi connectivity index (χ1n) is 7.49. The summed E-state index contributed by atoms with van der Waals surface area (Å²) in [5.41, 5.74) is 0. The third kappa shape index (κ3) is 9.73. The number of urea groups is 1. The molecule has 0 heterocycles. The summed E-state index contributed by atoms with van der Waals surface area (Å²) >= 11 is 0. The average molecular weight is 294 g/mol. The van der Waals surface area contributed by atoms with Crippen molar-refractivity contribution < 1.29 is 14.3 Å². The van der Waals surface area contributed by atoms with Crippen molar-refractivity contribution in [2.75, 3.05) is 26.3 Å². The van der Waals surface area contributed by atoms with Crippen molar-refractivity contribution in [1.82, 2.24) is 10.6 Å². The third-order valence-corrected chi connectivity index (χ3v) is 2.68. The molecule has 5 nitrogen and oxygen atoms in total. The van der Waals surface area contributed by atoms with Gasteiger partial charge in [-0.2, -0.15) is 0 Å². The van der Waals surface area contributed by atoms with Crippen molar-refractivity contribution in [3.63, 3.8) is 0 Å². The second kappa shape index (κ2) is 11.0. The Bertz CT molecular complexity index is 382. The summed E-state index contributed by atoms with van der Waals surface area (Å²) in [6.45, 7) is 6.48. The van der Waals surface area contributed by atoms with Gasteiger partial charge in [0.05, 0.1) is 12.7 Å². The van der Waals surface area contributed by atoms with E-state index in [2.05, 4.69) is 10.6 Å². The highest BCUT2D eigenvalue weighted by molar-refractivity contribution is 5.73. The fraction of sp³-hybridized carbons (Fsp3) is 0.562. The van der Waals surface area contributed by atoms with Crippen LogP contribution < -0.4 is 15.4 Å². The Morgan fingerprint density at radius 2 is 1.67 bits per heavy atom. The van der Waals surface area contributed by atoms with Gasteiger partial charge in [-0.1, -0.05) is 18.2 Å². The van der Waals surface area contributed by atoms with Crippen LogP contribution in [0.15, 0.2) is 30.3 Å². The molecule has 5 heteroatoms. The van der Waals surface area contributed by atoms with Gasteiger partial charge in [0.2, 0.25) is 0 Å². The second-order valence-corrected chi connectivity index (χ2v) is 4.97. The molecular formula is C16H26N2O3. The van der Waals surface area contributed by atoms with Crippen LogP contribution in [0.3, 0.4) is 0 Å². The largest absolute Gasteiger partial charge is 0.494 e. The maximum atomic E-state index is 11.5. The Hall–Kier alpha value is -1.75. The van der Waals surface area contributed by atoms with Crippen LogP contribution in [-0.2, 0) is 4.74 Å². The van der Waals surface area contributed by atoms with Crippen LogP contribution in [-0.4, -0.2) is 38.4 Å². The molecule has 21 heavy (non-hydrogen) atoms. The Labute approximate surface area is 127 Å². The lowest BCUT2D eigenvalue weighted by molar-refractivity contribution is 0.0774. The summed E-state index contributed by atoms with van der Waals surface area (Å²) in [5, 5.41) is 5.59. The quantitative estimate of drug-likeness (QED) is 0.652. The van der Waals surface area contributed by atoms with Crippen LogP contribution in [0.5, 0.6) is 5.75 Å². The molecule has 0 aliphatic carbocycles. The molecule has 1 rings (SSSR count). The molecule has 0 saturated carbocycles. The molecule has 0 aliphatic rings. The van der Waals surface area contributed by atoms with Crippen molar-refractivity contribution in [2.24, 2.45) is 0 Å². The standard InChI is InChI=1S/C16H26N2O3/c1-14(2)20-12-6-10-17-16(19)18-11-7-13-21-15-8-4-3-5-9-15/h3-5,8-9,14H,6-7,10-13H2,1-2H3,(H2,17,18,19). The van der Waals surface area contributed by atoms with Gasteiger partial charge >= 0.3 is 6.03 Å². The van der Waals surface area contributed by atoms with Gasteiger partial charge in [-0.25, -0.2) is 4.79 Å². The molecule has 1 aromatic rings. The summed E-state index contributed by atoms with van der Waals surface area (Å²) in [4.78, 5) is 11.5. The summed E-state index contributed by atoms with van der Waals surface area (Å²) < 4.78 is 10.9. The molecule has 0 spiro atoms. The lowest BCUT2D eigenvalue weighted by atomic mass is 10.3. The molecule has 0 atom stereocenters. The summed E-state index contributed by atoms with van der Waals surface area (Å²) in [6.07, 6.45) is 1.84. The number of para-hydroxylation sites is 1. The van der Waals surface area contributed by atoms with Crippen molar-refractivity contribution in [3.05, 3.63) is 30.3 Å². The zero-order valence-electron chi connectivity index (χ0n) is 12.9. The van der Waals surface area contributed by atoms with E-state index in [0.29, 0.717) is 26.3 Å². The SMILES string of the molecule is CC(C)OCCCNC(=O)NCCCOc1ccccc1. The van der Waals surface area contributed by atoms with Gasteiger partial charge in [-0.05, 0) is 38.8 Å². The first kappa shape index (κ1) is 17.3. The monoisotopic (exact) mass is 294 g/mol. The van der Waals surface area contributed by atoms with Crippen molar-refractivity contribution >= 4 is 6.03 Å². The average Bonchev–Trinajstić information content (AvgIpc) is 2.47. The van der Waals surface area contributed by atoms with E-state index in [1.165, 1.54) is 0 Å². The molecule has 0 unspecified atom stereocenters. The van der Waals surface area contributed by atoms with E-state index < -0.39 is 0 Å². The molecule has 0 radical (unpaired) electrons. The maximum Gasteiger partial charge on any atom is 0.314 e. The molecule has 0 fully saturated rings. The Morgan fingerprint density at radius 3 is 2.29 bits per heavy atom. The predicted octanol–water partition coefficient (Wildman–Crippen LogP) is 2.57. The Kier molecular flexibility index (Phi) is 9.04. The number of hydrogen-bond donors (Lipinski definition) is 2. The topological polar surface area (TPSA) is 59.6 Å². The summed E-state index contributed by atoms with van der Waals surface area (Å²) in [6, 6.07) is 9.51. The van der Waals surface area contributed by atoms with Gasteiger partial charge in [0.1, 0.15) is 5.75 Å². The predicted molar refractivity (Wildman–Crippen MR) is 83.7 cm³/mol. The minimum atomic E-state index is -0.140. The highest BCUT2D eigenvalue weighted by Crippen LogP contribution is 2.07. The number of ether oxygens (including phenoxy) is 2. The Morgan fingerprint density at radius 1 is 1.05 bits per heavy atom. The van der Waals surface area contributed by atoms with E-state index in [0.717, 1.165) is 18.6 Å². The van der Waals surface area contributed by atoms with E-state index in [-0.39, 0.29) is 12.1 Å². The van der Waals surface area contributed by atoms with Gasteiger partial charge in [-0.3, -0.25) is 0 Å². The van der Waals surface area contributed by atoms with Crippen LogP contribution in [0.2, 0.25) is 0 Å². The maximum absolute atomic E-state index is 11.5. The van der Waals surface area contributed by atoms with E-state index in [1.54, 1.807) is 0 Å². The molecule has 118 valence electrons. The smallest absolute Gasteiger partial charge is 0.314 e. The molecular weight excluding hydrogens is 268 g/mol. The first-order valence-corrected chi connectivity index (χ1v) is 7.49. The molecule has 2 amide bonds. The van der Waals surface area contributed by atoms with Crippen molar-refractivity contribution in [2.45, 2.75) is 32.8 Å². The second-order valence-electron chi connectivity index (χ2n) is 4.97. The van der Waals surface area contributed by atoms with Crippen molar-refractivity contribution in [3.8, 4) is 5.75 Å². The van der Waals surface area contributed by atoms with Crippen LogP contribution in [0, 0.1) is 0 Å². The van der Waals surface area contributed by atoms with Gasteiger partial charge in [0, 0.05) is 19.7 Å². The fourth-order valence-corrected chi connectivity index (χ4v) is 1.64. The molecule has 2 N–H and O–H groups in total. The minimum absolute atomic E-state index is 0.140. The number of carbonyl (C=O) groups excluding carboxylic acids is 1. The highest BCUT2D eigenvalue weighted by atomic mass is 16.5. The van der Waals surface area contributed by atoms with Crippen LogP contribution in [0.1, 0.15) is 26.7 Å². The van der Waals surface area contributed by atoms with E-state index in [1.807, 2.05) is 44.2 Å². The number of carbonyl (C=O) groups is 1. The van der Waals surface area contributed by atoms with Crippen LogP contribution in [0.25, 0.3) is 0 Å². The van der Waals surface area contributed by atoms with Crippen molar-refractivity contribution in [1.29, 1.82) is 0 Å². The third-order valence-electron chi connectivity index (χ3n) is 2.68. The molecule has 0 saturated heterocycles. The van der Waals surface area contributed by atoms with Gasteiger partial charge in [0.15, 0.2) is 0 Å². The number of rotatable bonds is 10. The molecule has 0 aromatic heterocycles. The molecule has 0 bridgehead atoms. The summed E-state index contributed by atoms with van der Waals surface area (Å²) in [7, 11) is 0. The summed E-state index contributed by atoms with van der Waals surface area (Å²) in [5.74, 6) is 0.854. The van der Waals surface area contributed by atoms with E-state index in [4.69, 9.17) is 9.47 Å². The van der Waals surface area contributed by atoms with Gasteiger partial charge in [-0.15, -0.1) is 0 Å². The van der Waals surface area contributed by atoms with E-state index in [9.17, 15) is 4.79 Å². The number of hydrogen-bond acceptors (Lipinski definition) is 3. The first-order chi connectivity index (χ1) is 10.2. The number of amides is 2. The minimum Gasteiger partial charge on any atom is -0.494 e. The number of nitrogens with one attached hydrogen (secondary N) is 2. The van der Waals surface area contributed by atoms with Gasteiger partial charge < -0.3 is 20.1 Å². The van der Waals surface area contributed by atoms with Crippen LogP contribution >= 0.6 is 0 Å². The van der Waals surface area contributed by atoms with E-state index >= 15 is 0 Å². The Balaban J connectivity index is 1.91. The highest BCUT2D eigenvalue weighted by Gasteiger charge is 1.99. The lowest BCUT2D eigenvalue weighted by Crippen LogP contribution is -2.37.